The third-order valence-electron chi connectivity index (χ3n) is 3.94. The molecule has 0 aliphatic rings. The Morgan fingerprint density at radius 3 is 2.23 bits per heavy atom. The number of rotatable bonds is 6. The van der Waals surface area contributed by atoms with Gasteiger partial charge in [0.05, 0.1) is 0 Å². The number of hydrogen-bond donors (Lipinski definition) is 0. The third-order valence-corrected chi connectivity index (χ3v) is 4.83. The Morgan fingerprint density at radius 1 is 1.15 bits per heavy atom. The largest absolute Gasteiger partial charge is 0.477 e. The molecule has 0 aliphatic carbocycles. The number of aryl methyl sites for hydroxylation is 1. The molecule has 26 heavy (non-hydrogen) atoms. The maximum absolute atomic E-state index is 13.3. The molecule has 2 aromatic carbocycles. The molecule has 0 spiro atoms. The average Bonchev–Trinajstić information content (AvgIpc) is 2.51. The van der Waals surface area contributed by atoms with Crippen LogP contribution in [0.3, 0.4) is 0 Å². The van der Waals surface area contributed by atoms with Gasteiger partial charge in [0.2, 0.25) is 0 Å². The van der Waals surface area contributed by atoms with E-state index >= 15 is 0 Å². The first-order chi connectivity index (χ1) is 12.0. The van der Waals surface area contributed by atoms with Crippen molar-refractivity contribution in [1.82, 2.24) is 0 Å². The van der Waals surface area contributed by atoms with Crippen molar-refractivity contribution in [2.45, 2.75) is 39.2 Å². The minimum Gasteiger partial charge on any atom is -0.426 e. The van der Waals surface area contributed by atoms with Gasteiger partial charge in [-0.15, -0.1) is 0 Å². The van der Waals surface area contributed by atoms with Crippen LogP contribution >= 0.6 is 34.8 Å². The Kier molecular flexibility index (Phi) is 6.54. The summed E-state index contributed by atoms with van der Waals surface area (Å²) in [5, 5.41) is -1.59. The summed E-state index contributed by atoms with van der Waals surface area (Å²) in [5.41, 5.74) is 3.99. The van der Waals surface area contributed by atoms with E-state index in [1.807, 2.05) is 19.1 Å². The Hall–Kier alpha value is -1.36. The first-order valence-corrected chi connectivity index (χ1v) is 8.98. The molecular weight excluding hydrogens is 405 g/mol. The maximum atomic E-state index is 13.3. The zero-order chi connectivity index (χ0) is 19.6. The van der Waals surface area contributed by atoms with Crippen LogP contribution in [0.5, 0.6) is 5.75 Å². The monoisotopic (exact) mass is 420 g/mol. The van der Waals surface area contributed by atoms with Crippen molar-refractivity contribution in [1.29, 1.82) is 0 Å². The van der Waals surface area contributed by atoms with E-state index in [1.165, 1.54) is 23.3 Å². The lowest BCUT2D eigenvalue weighted by atomic mass is 9.93. The molecule has 2 nitrogen and oxygen atoms in total. The first kappa shape index (κ1) is 20.9. The molecule has 7 heteroatoms. The summed E-state index contributed by atoms with van der Waals surface area (Å²) in [4.78, 5) is 10.7. The van der Waals surface area contributed by atoms with Crippen molar-refractivity contribution in [3.63, 3.8) is 0 Å². The fraction of sp³-hybridized carbons (Fsp3) is 0.316. The molecule has 0 bridgehead atoms. The molecule has 0 heterocycles. The van der Waals surface area contributed by atoms with Crippen molar-refractivity contribution in [3.8, 4) is 5.75 Å². The lowest BCUT2D eigenvalue weighted by Crippen LogP contribution is -2.31. The molecule has 140 valence electrons. The summed E-state index contributed by atoms with van der Waals surface area (Å²) in [7, 11) is 0. The molecular formula is C19H17Cl3F2O2. The lowest BCUT2D eigenvalue weighted by molar-refractivity contribution is -0.181. The number of benzene rings is 2. The fourth-order valence-electron chi connectivity index (χ4n) is 2.62. The zero-order valence-corrected chi connectivity index (χ0v) is 16.6. The molecule has 0 aliphatic heterocycles. The van der Waals surface area contributed by atoms with Crippen molar-refractivity contribution in [3.05, 3.63) is 62.6 Å². The molecule has 2 rings (SSSR count). The molecule has 0 N–H and O–H groups in total. The second-order valence-electron chi connectivity index (χ2n) is 6.28. The van der Waals surface area contributed by atoms with E-state index in [4.69, 9.17) is 34.8 Å². The second kappa shape index (κ2) is 8.12. The van der Waals surface area contributed by atoms with Crippen LogP contribution in [0.15, 0.2) is 30.3 Å². The molecule has 0 amide bonds. The van der Waals surface area contributed by atoms with Gasteiger partial charge in [-0.25, -0.2) is 0 Å². The molecule has 0 atom stereocenters. The van der Waals surface area contributed by atoms with Gasteiger partial charge in [0.1, 0.15) is 5.75 Å². The summed E-state index contributed by atoms with van der Waals surface area (Å²) in [6, 6.07) is 8.45. The van der Waals surface area contributed by atoms with Crippen molar-refractivity contribution in [2.75, 3.05) is 0 Å². The van der Waals surface area contributed by atoms with Gasteiger partial charge >= 0.3 is 11.4 Å². The zero-order valence-electron chi connectivity index (χ0n) is 14.4. The summed E-state index contributed by atoms with van der Waals surface area (Å²) in [5.74, 6) is 0.0292. The van der Waals surface area contributed by atoms with Crippen molar-refractivity contribution >= 4 is 40.0 Å². The highest BCUT2D eigenvalue weighted by molar-refractivity contribution is 6.65. The second-order valence-corrected chi connectivity index (χ2v) is 7.44. The van der Waals surface area contributed by atoms with E-state index in [-0.39, 0.29) is 15.8 Å². The van der Waals surface area contributed by atoms with E-state index in [1.54, 1.807) is 0 Å². The first-order valence-electron chi connectivity index (χ1n) is 7.85. The quantitative estimate of drug-likeness (QED) is 0.482. The predicted molar refractivity (Wildman–Crippen MR) is 101 cm³/mol. The van der Waals surface area contributed by atoms with Gasteiger partial charge < -0.3 is 4.74 Å². The molecule has 0 unspecified atom stereocenters. The van der Waals surface area contributed by atoms with E-state index in [9.17, 15) is 13.6 Å². The van der Waals surface area contributed by atoms with Crippen LogP contribution < -0.4 is 4.74 Å². The summed E-state index contributed by atoms with van der Waals surface area (Å²) >= 11 is 17.2. The summed E-state index contributed by atoms with van der Waals surface area (Å²) in [6.07, 6.45) is -3.72. The van der Waals surface area contributed by atoms with E-state index in [0.29, 0.717) is 17.9 Å². The SMILES string of the molecule is Cc1ccc(Cc2c(Cl)cc(OC(F)(F)C(=O)Cl)cc2Cl)cc1C(C)C. The highest BCUT2D eigenvalue weighted by Crippen LogP contribution is 2.35. The molecule has 0 aromatic heterocycles. The highest BCUT2D eigenvalue weighted by atomic mass is 35.5. The standard InChI is InChI=1S/C19H17Cl3F2O2/c1-10(2)14-6-12(5-4-11(14)3)7-15-16(20)8-13(9-17(15)21)26-19(23,24)18(22)25/h4-6,8-10H,7H2,1-3H3. The minimum absolute atomic E-state index is 0.164. The molecule has 0 radical (unpaired) electrons. The van der Waals surface area contributed by atoms with Crippen LogP contribution in [0.25, 0.3) is 0 Å². The van der Waals surface area contributed by atoms with Crippen LogP contribution in [0.2, 0.25) is 10.0 Å². The number of hydrogen-bond acceptors (Lipinski definition) is 2. The lowest BCUT2D eigenvalue weighted by Gasteiger charge is -2.16. The average molecular weight is 422 g/mol. The number of carbonyl (C=O) groups excluding carboxylic acids is 1. The number of carbonyl (C=O) groups is 1. The van der Waals surface area contributed by atoms with Crippen LogP contribution in [-0.4, -0.2) is 11.4 Å². The van der Waals surface area contributed by atoms with Crippen LogP contribution in [0.1, 0.15) is 42.0 Å². The molecule has 0 saturated heterocycles. The van der Waals surface area contributed by atoms with Crippen LogP contribution in [0.4, 0.5) is 8.78 Å². The van der Waals surface area contributed by atoms with Crippen molar-refractivity contribution in [2.24, 2.45) is 0 Å². The van der Waals surface area contributed by atoms with E-state index in [2.05, 4.69) is 24.7 Å². The van der Waals surface area contributed by atoms with Crippen LogP contribution in [-0.2, 0) is 11.2 Å². The fourth-order valence-corrected chi connectivity index (χ4v) is 3.26. The number of alkyl halides is 2. The topological polar surface area (TPSA) is 26.3 Å². The number of ether oxygens (including phenoxy) is 1. The van der Waals surface area contributed by atoms with Crippen molar-refractivity contribution < 1.29 is 18.3 Å². The van der Waals surface area contributed by atoms with Crippen LogP contribution in [0, 0.1) is 6.92 Å². The Labute approximate surface area is 166 Å². The summed E-state index contributed by atoms with van der Waals surface area (Å²) in [6.45, 7) is 6.26. The number of halogens is 5. The van der Waals surface area contributed by atoms with E-state index in [0.717, 1.165) is 5.56 Å². The molecule has 0 fully saturated rings. The normalized spacial score (nSPS) is 11.7. The van der Waals surface area contributed by atoms with Gasteiger partial charge in [0, 0.05) is 16.5 Å². The maximum Gasteiger partial charge on any atom is 0.477 e. The third kappa shape index (κ3) is 4.87. The minimum atomic E-state index is -4.15. The van der Waals surface area contributed by atoms with Gasteiger partial charge in [-0.1, -0.05) is 55.2 Å². The Morgan fingerprint density at radius 2 is 1.73 bits per heavy atom. The summed E-state index contributed by atoms with van der Waals surface area (Å²) < 4.78 is 30.9. The predicted octanol–water partition coefficient (Wildman–Crippen LogP) is 6.75. The van der Waals surface area contributed by atoms with Gasteiger partial charge in [-0.3, -0.25) is 4.79 Å². The smallest absolute Gasteiger partial charge is 0.426 e. The Balaban J connectivity index is 2.32. The molecule has 2 aromatic rings. The van der Waals surface area contributed by atoms with E-state index < -0.39 is 11.4 Å². The van der Waals surface area contributed by atoms with Gasteiger partial charge in [0.25, 0.3) is 0 Å². The van der Waals surface area contributed by atoms with Gasteiger partial charge in [-0.2, -0.15) is 8.78 Å². The van der Waals surface area contributed by atoms with Gasteiger partial charge in [-0.05, 0) is 58.8 Å². The highest BCUT2D eigenvalue weighted by Gasteiger charge is 2.41. The molecule has 0 saturated carbocycles. The van der Waals surface area contributed by atoms with Gasteiger partial charge in [0.15, 0.2) is 0 Å². The Bertz CT molecular complexity index is 813.